The van der Waals surface area contributed by atoms with Crippen molar-refractivity contribution in [3.63, 3.8) is 0 Å². The number of aryl methyl sites for hydroxylation is 1. The van der Waals surface area contributed by atoms with Gasteiger partial charge >= 0.3 is 0 Å². The van der Waals surface area contributed by atoms with Crippen LogP contribution in [0.3, 0.4) is 0 Å². The summed E-state index contributed by atoms with van der Waals surface area (Å²) in [6, 6.07) is 6.76. The summed E-state index contributed by atoms with van der Waals surface area (Å²) < 4.78 is 2.14. The van der Waals surface area contributed by atoms with Gasteiger partial charge < -0.3 is 9.47 Å². The van der Waals surface area contributed by atoms with Crippen LogP contribution in [0.5, 0.6) is 0 Å². The van der Waals surface area contributed by atoms with Gasteiger partial charge in [0.1, 0.15) is 0 Å². The molecule has 4 nitrogen and oxygen atoms in total. The van der Waals surface area contributed by atoms with E-state index in [2.05, 4.69) is 0 Å². The third kappa shape index (κ3) is 3.29. The number of nitrogens with zero attached hydrogens (tertiary/aromatic N) is 2. The molecule has 0 bridgehead atoms. The smallest absolute Gasteiger partial charge is 0.254 e. The molecule has 6 heteroatoms. The van der Waals surface area contributed by atoms with Crippen molar-refractivity contribution in [2.45, 2.75) is 13.5 Å². The molecule has 20 heavy (non-hydrogen) atoms. The van der Waals surface area contributed by atoms with E-state index in [4.69, 9.17) is 11.6 Å². The van der Waals surface area contributed by atoms with Gasteiger partial charge in [-0.15, -0.1) is 11.3 Å². The maximum absolute atomic E-state index is 12.4. The van der Waals surface area contributed by atoms with E-state index in [1.807, 2.05) is 19.1 Å². The van der Waals surface area contributed by atoms with Gasteiger partial charge in [0, 0.05) is 36.3 Å². The largest absolute Gasteiger partial charge is 0.334 e. The highest BCUT2D eigenvalue weighted by Gasteiger charge is 2.16. The molecule has 0 unspecified atom stereocenters. The van der Waals surface area contributed by atoms with Crippen molar-refractivity contribution >= 4 is 28.8 Å². The number of halogens is 1. The molecule has 0 radical (unpaired) electrons. The van der Waals surface area contributed by atoms with Crippen LogP contribution in [0.15, 0.2) is 35.3 Å². The Morgan fingerprint density at radius 2 is 2.15 bits per heavy atom. The Hall–Kier alpha value is -1.59. The summed E-state index contributed by atoms with van der Waals surface area (Å²) in [5, 5.41) is 0. The van der Waals surface area contributed by atoms with Crippen LogP contribution in [0.1, 0.15) is 22.2 Å². The van der Waals surface area contributed by atoms with E-state index in [1.54, 1.807) is 24.2 Å². The van der Waals surface area contributed by atoms with Crippen LogP contribution in [0, 0.1) is 0 Å². The molecule has 2 rings (SSSR count). The Morgan fingerprint density at radius 1 is 1.40 bits per heavy atom. The van der Waals surface area contributed by atoms with E-state index in [0.29, 0.717) is 23.0 Å². The molecule has 0 aliphatic rings. The van der Waals surface area contributed by atoms with Gasteiger partial charge in [-0.3, -0.25) is 9.59 Å². The van der Waals surface area contributed by atoms with Gasteiger partial charge in [0.15, 0.2) is 0 Å². The van der Waals surface area contributed by atoms with Crippen LogP contribution in [0.25, 0.3) is 0 Å². The first-order valence-corrected chi connectivity index (χ1v) is 7.41. The van der Waals surface area contributed by atoms with E-state index >= 15 is 0 Å². The van der Waals surface area contributed by atoms with Gasteiger partial charge in [-0.1, -0.05) is 11.6 Å². The topological polar surface area (TPSA) is 42.3 Å². The van der Waals surface area contributed by atoms with E-state index in [-0.39, 0.29) is 11.5 Å². The van der Waals surface area contributed by atoms with Crippen molar-refractivity contribution in [3.8, 4) is 0 Å². The van der Waals surface area contributed by atoms with Crippen LogP contribution >= 0.6 is 22.9 Å². The predicted octanol–water partition coefficient (Wildman–Crippen LogP) is 2.76. The van der Waals surface area contributed by atoms with Crippen molar-refractivity contribution in [2.75, 3.05) is 6.54 Å². The Bertz CT molecular complexity index is 678. The van der Waals surface area contributed by atoms with Crippen molar-refractivity contribution in [1.29, 1.82) is 0 Å². The maximum atomic E-state index is 12.4. The minimum absolute atomic E-state index is 0.144. The number of carbonyl (C=O) groups is 1. The lowest BCUT2D eigenvalue weighted by Crippen LogP contribution is -2.31. The van der Waals surface area contributed by atoms with Crippen LogP contribution in [-0.2, 0) is 13.6 Å². The van der Waals surface area contributed by atoms with Gasteiger partial charge in [0.05, 0.1) is 10.9 Å². The normalized spacial score (nSPS) is 10.6. The summed E-state index contributed by atoms with van der Waals surface area (Å²) in [4.78, 5) is 26.7. The molecule has 0 atom stereocenters. The first-order valence-electron chi connectivity index (χ1n) is 6.21. The lowest BCUT2D eigenvalue weighted by molar-refractivity contribution is 0.0754. The summed E-state index contributed by atoms with van der Waals surface area (Å²) >= 11 is 7.35. The molecule has 2 aromatic heterocycles. The third-order valence-corrected chi connectivity index (χ3v) is 4.21. The number of hydrogen-bond donors (Lipinski definition) is 0. The summed E-state index contributed by atoms with van der Waals surface area (Å²) in [5.74, 6) is -0.144. The second-order valence-corrected chi connectivity index (χ2v) is 6.19. The molecular weight excluding hydrogens is 296 g/mol. The Labute approximate surface area is 126 Å². The fourth-order valence-corrected chi connectivity index (χ4v) is 2.92. The number of carbonyl (C=O) groups excluding carboxylic acids is 1. The molecule has 0 fully saturated rings. The molecule has 0 aliphatic carbocycles. The quantitative estimate of drug-likeness (QED) is 0.871. The van der Waals surface area contributed by atoms with E-state index in [0.717, 1.165) is 4.88 Å². The second-order valence-electron chi connectivity index (χ2n) is 4.39. The zero-order chi connectivity index (χ0) is 14.7. The van der Waals surface area contributed by atoms with E-state index in [9.17, 15) is 9.59 Å². The zero-order valence-electron chi connectivity index (χ0n) is 11.3. The highest BCUT2D eigenvalue weighted by atomic mass is 35.5. The monoisotopic (exact) mass is 310 g/mol. The highest BCUT2D eigenvalue weighted by molar-refractivity contribution is 7.16. The van der Waals surface area contributed by atoms with Crippen molar-refractivity contribution in [3.05, 3.63) is 55.6 Å². The molecule has 106 valence electrons. The number of amides is 1. The second kappa shape index (κ2) is 6.24. The Morgan fingerprint density at radius 3 is 2.70 bits per heavy atom. The SMILES string of the molecule is CCN(Cc1ccc(Cl)s1)C(=O)c1ccn(C)c(=O)c1. The Balaban J connectivity index is 2.20. The zero-order valence-corrected chi connectivity index (χ0v) is 12.9. The summed E-state index contributed by atoms with van der Waals surface area (Å²) in [6.45, 7) is 2.99. The van der Waals surface area contributed by atoms with E-state index < -0.39 is 0 Å². The molecule has 0 saturated carbocycles. The van der Waals surface area contributed by atoms with Crippen molar-refractivity contribution < 1.29 is 4.79 Å². The van der Waals surface area contributed by atoms with Gasteiger partial charge in [-0.05, 0) is 25.1 Å². The number of hydrogen-bond acceptors (Lipinski definition) is 3. The minimum atomic E-state index is -0.189. The molecule has 1 amide bonds. The highest BCUT2D eigenvalue weighted by Crippen LogP contribution is 2.23. The average Bonchev–Trinajstić information content (AvgIpc) is 2.84. The summed E-state index contributed by atoms with van der Waals surface area (Å²) in [5.41, 5.74) is 0.226. The van der Waals surface area contributed by atoms with Crippen molar-refractivity contribution in [2.24, 2.45) is 7.05 Å². The fourth-order valence-electron chi connectivity index (χ4n) is 1.82. The van der Waals surface area contributed by atoms with Gasteiger partial charge in [0.2, 0.25) is 0 Å². The summed E-state index contributed by atoms with van der Waals surface area (Å²) in [6.07, 6.45) is 1.60. The molecule has 0 aromatic carbocycles. The van der Waals surface area contributed by atoms with Gasteiger partial charge in [-0.25, -0.2) is 0 Å². The standard InChI is InChI=1S/C14H15ClN2O2S/c1-3-17(9-11-4-5-12(15)20-11)14(19)10-6-7-16(2)13(18)8-10/h4-8H,3,9H2,1-2H3. The fraction of sp³-hybridized carbons (Fsp3) is 0.286. The van der Waals surface area contributed by atoms with Gasteiger partial charge in [0.25, 0.3) is 11.5 Å². The third-order valence-electron chi connectivity index (χ3n) is 3.00. The lowest BCUT2D eigenvalue weighted by atomic mass is 10.2. The Kier molecular flexibility index (Phi) is 4.62. The number of rotatable bonds is 4. The molecule has 0 saturated heterocycles. The first kappa shape index (κ1) is 14.8. The number of aromatic nitrogens is 1. The summed E-state index contributed by atoms with van der Waals surface area (Å²) in [7, 11) is 1.65. The number of pyridine rings is 1. The van der Waals surface area contributed by atoms with Crippen LogP contribution < -0.4 is 5.56 Å². The molecule has 0 spiro atoms. The molecular formula is C14H15ClN2O2S. The predicted molar refractivity (Wildman–Crippen MR) is 81.4 cm³/mol. The molecule has 0 aliphatic heterocycles. The minimum Gasteiger partial charge on any atom is -0.334 e. The van der Waals surface area contributed by atoms with Crippen LogP contribution in [-0.4, -0.2) is 21.9 Å². The van der Waals surface area contributed by atoms with Crippen LogP contribution in [0.2, 0.25) is 4.34 Å². The number of thiophene rings is 1. The molecule has 2 aromatic rings. The average molecular weight is 311 g/mol. The molecule has 0 N–H and O–H groups in total. The van der Waals surface area contributed by atoms with Crippen molar-refractivity contribution in [1.82, 2.24) is 9.47 Å². The van der Waals surface area contributed by atoms with Crippen LogP contribution in [0.4, 0.5) is 0 Å². The van der Waals surface area contributed by atoms with E-state index in [1.165, 1.54) is 22.0 Å². The lowest BCUT2D eigenvalue weighted by Gasteiger charge is -2.20. The van der Waals surface area contributed by atoms with Gasteiger partial charge in [-0.2, -0.15) is 0 Å². The molecule has 2 heterocycles. The first-order chi connectivity index (χ1) is 9.51. The maximum Gasteiger partial charge on any atom is 0.254 e.